The number of amides is 1. The van der Waals surface area contributed by atoms with Crippen LogP contribution in [0.2, 0.25) is 5.02 Å². The first-order valence-electron chi connectivity index (χ1n) is 6.57. The molecule has 1 amide bonds. The molecule has 0 atom stereocenters. The van der Waals surface area contributed by atoms with Crippen LogP contribution in [0.25, 0.3) is 0 Å². The lowest BCUT2D eigenvalue weighted by Crippen LogP contribution is -2.30. The number of hydrogen-bond acceptors (Lipinski definition) is 4. The Bertz CT molecular complexity index is 490. The van der Waals surface area contributed by atoms with E-state index in [1.54, 1.807) is 19.2 Å². The van der Waals surface area contributed by atoms with E-state index in [1.165, 1.54) is 0 Å². The minimum atomic E-state index is -0.111. The third-order valence-electron chi connectivity index (χ3n) is 2.97. The van der Waals surface area contributed by atoms with Gasteiger partial charge in [-0.2, -0.15) is 0 Å². The van der Waals surface area contributed by atoms with Gasteiger partial charge in [0.15, 0.2) is 18.1 Å². The van der Waals surface area contributed by atoms with Crippen molar-refractivity contribution in [2.45, 2.75) is 25.4 Å². The molecule has 0 saturated heterocycles. The summed E-state index contributed by atoms with van der Waals surface area (Å²) in [7, 11) is 3.38. The lowest BCUT2D eigenvalue weighted by Gasteiger charge is -2.15. The molecule has 2 rings (SSSR count). The first-order chi connectivity index (χ1) is 9.63. The molecule has 1 saturated carbocycles. The van der Waals surface area contributed by atoms with Gasteiger partial charge < -0.3 is 20.1 Å². The highest BCUT2D eigenvalue weighted by atomic mass is 35.5. The summed E-state index contributed by atoms with van der Waals surface area (Å²) in [5.74, 6) is 0.971. The minimum absolute atomic E-state index is 0.0226. The Hall–Kier alpha value is -1.46. The zero-order chi connectivity index (χ0) is 14.5. The van der Waals surface area contributed by atoms with Crippen LogP contribution in [0.5, 0.6) is 11.5 Å². The van der Waals surface area contributed by atoms with Crippen LogP contribution in [0.3, 0.4) is 0 Å². The molecule has 0 spiro atoms. The molecular formula is C14H19ClN2O3. The molecule has 20 heavy (non-hydrogen) atoms. The average molecular weight is 299 g/mol. The Morgan fingerprint density at radius 3 is 2.80 bits per heavy atom. The van der Waals surface area contributed by atoms with E-state index in [9.17, 15) is 4.79 Å². The molecule has 0 aromatic heterocycles. The van der Waals surface area contributed by atoms with Crippen LogP contribution in [0.15, 0.2) is 12.1 Å². The number of carbonyl (C=O) groups excluding carboxylic acids is 1. The highest BCUT2D eigenvalue weighted by Gasteiger charge is 2.23. The lowest BCUT2D eigenvalue weighted by molar-refractivity contribution is -0.123. The third kappa shape index (κ3) is 4.02. The zero-order valence-corrected chi connectivity index (χ0v) is 12.4. The maximum absolute atomic E-state index is 11.7. The zero-order valence-electron chi connectivity index (χ0n) is 11.7. The second kappa shape index (κ2) is 6.81. The third-order valence-corrected chi connectivity index (χ3v) is 3.19. The van der Waals surface area contributed by atoms with Gasteiger partial charge in [0, 0.05) is 29.2 Å². The molecule has 1 aromatic rings. The number of halogens is 1. The molecule has 0 unspecified atom stereocenters. The van der Waals surface area contributed by atoms with Gasteiger partial charge in [-0.25, -0.2) is 0 Å². The van der Waals surface area contributed by atoms with Crippen LogP contribution in [0.4, 0.5) is 0 Å². The van der Waals surface area contributed by atoms with Gasteiger partial charge in [0.25, 0.3) is 5.91 Å². The van der Waals surface area contributed by atoms with Crippen LogP contribution in [0.1, 0.15) is 18.4 Å². The summed E-state index contributed by atoms with van der Waals surface area (Å²) in [5, 5.41) is 6.49. The van der Waals surface area contributed by atoms with Gasteiger partial charge in [-0.05, 0) is 26.0 Å². The van der Waals surface area contributed by atoms with Gasteiger partial charge in [0.1, 0.15) is 0 Å². The smallest absolute Gasteiger partial charge is 0.258 e. The van der Waals surface area contributed by atoms with Crippen molar-refractivity contribution in [1.29, 1.82) is 0 Å². The molecule has 1 fully saturated rings. The number of rotatable bonds is 7. The summed E-state index contributed by atoms with van der Waals surface area (Å²) in [5.41, 5.74) is 0.857. The van der Waals surface area contributed by atoms with Crippen molar-refractivity contribution in [1.82, 2.24) is 10.6 Å². The monoisotopic (exact) mass is 298 g/mol. The van der Waals surface area contributed by atoms with Crippen LogP contribution >= 0.6 is 11.6 Å². The maximum atomic E-state index is 11.7. The number of ether oxygens (including phenoxy) is 2. The first kappa shape index (κ1) is 14.9. The quantitative estimate of drug-likeness (QED) is 0.805. The van der Waals surface area contributed by atoms with E-state index in [-0.39, 0.29) is 12.5 Å². The van der Waals surface area contributed by atoms with Crippen molar-refractivity contribution >= 4 is 17.5 Å². The summed E-state index contributed by atoms with van der Waals surface area (Å²) in [6.07, 6.45) is 2.11. The molecule has 5 nitrogen and oxygen atoms in total. The fourth-order valence-corrected chi connectivity index (χ4v) is 2.13. The highest BCUT2D eigenvalue weighted by molar-refractivity contribution is 6.30. The summed E-state index contributed by atoms with van der Waals surface area (Å²) in [6, 6.07) is 3.80. The van der Waals surface area contributed by atoms with E-state index in [0.29, 0.717) is 29.1 Å². The van der Waals surface area contributed by atoms with E-state index in [2.05, 4.69) is 10.6 Å². The second-order valence-corrected chi connectivity index (χ2v) is 5.19. The van der Waals surface area contributed by atoms with Crippen molar-refractivity contribution in [2.24, 2.45) is 0 Å². The molecule has 1 aliphatic rings. The molecule has 110 valence electrons. The van der Waals surface area contributed by atoms with Crippen LogP contribution in [0, 0.1) is 0 Å². The molecule has 1 aliphatic carbocycles. The molecular weight excluding hydrogens is 280 g/mol. The summed E-state index contributed by atoms with van der Waals surface area (Å²) < 4.78 is 10.9. The first-order valence-corrected chi connectivity index (χ1v) is 6.95. The number of hydrogen-bond donors (Lipinski definition) is 2. The van der Waals surface area contributed by atoms with Gasteiger partial charge in [0.2, 0.25) is 0 Å². The number of benzene rings is 1. The van der Waals surface area contributed by atoms with Gasteiger partial charge in [-0.3, -0.25) is 4.79 Å². The van der Waals surface area contributed by atoms with Gasteiger partial charge in [0.05, 0.1) is 7.11 Å². The van der Waals surface area contributed by atoms with E-state index in [1.807, 2.05) is 7.05 Å². The van der Waals surface area contributed by atoms with E-state index in [4.69, 9.17) is 21.1 Å². The predicted molar refractivity (Wildman–Crippen MR) is 77.4 cm³/mol. The molecule has 0 bridgehead atoms. The Balaban J connectivity index is 2.08. The lowest BCUT2D eigenvalue weighted by atomic mass is 10.2. The van der Waals surface area contributed by atoms with Crippen molar-refractivity contribution in [3.05, 3.63) is 22.7 Å². The maximum Gasteiger partial charge on any atom is 0.258 e. The second-order valence-electron chi connectivity index (χ2n) is 4.76. The summed E-state index contributed by atoms with van der Waals surface area (Å²) in [4.78, 5) is 11.7. The molecule has 2 N–H and O–H groups in total. The molecule has 6 heteroatoms. The van der Waals surface area contributed by atoms with E-state index < -0.39 is 0 Å². The van der Waals surface area contributed by atoms with E-state index >= 15 is 0 Å². The average Bonchev–Trinajstić information content (AvgIpc) is 3.21. The fraction of sp³-hybridized carbons (Fsp3) is 0.500. The summed E-state index contributed by atoms with van der Waals surface area (Å²) in [6.45, 7) is 0.557. The van der Waals surface area contributed by atoms with E-state index in [0.717, 1.165) is 18.4 Å². The predicted octanol–water partition coefficient (Wildman–Crippen LogP) is 1.73. The van der Waals surface area contributed by atoms with Crippen molar-refractivity contribution < 1.29 is 14.3 Å². The molecule has 0 radical (unpaired) electrons. The van der Waals surface area contributed by atoms with Crippen LogP contribution in [-0.2, 0) is 11.3 Å². The fourth-order valence-electron chi connectivity index (χ4n) is 1.89. The van der Waals surface area contributed by atoms with Crippen LogP contribution in [-0.4, -0.2) is 32.7 Å². The summed E-state index contributed by atoms with van der Waals surface area (Å²) >= 11 is 6.03. The Morgan fingerprint density at radius 1 is 1.45 bits per heavy atom. The van der Waals surface area contributed by atoms with Gasteiger partial charge >= 0.3 is 0 Å². The largest absolute Gasteiger partial charge is 0.493 e. The molecule has 1 aromatic carbocycles. The SMILES string of the molecule is CNCc1cc(Cl)cc(OC)c1OCC(=O)NC1CC1. The molecule has 0 heterocycles. The number of methoxy groups -OCH3 is 1. The highest BCUT2D eigenvalue weighted by Crippen LogP contribution is 2.34. The number of carbonyl (C=O) groups is 1. The minimum Gasteiger partial charge on any atom is -0.493 e. The number of nitrogens with one attached hydrogen (secondary N) is 2. The van der Waals surface area contributed by atoms with Gasteiger partial charge in [-0.1, -0.05) is 11.6 Å². The van der Waals surface area contributed by atoms with Crippen molar-refractivity contribution in [3.8, 4) is 11.5 Å². The standard InChI is InChI=1S/C14H19ClN2O3/c1-16-7-9-5-10(15)6-12(19-2)14(9)20-8-13(18)17-11-3-4-11/h5-6,11,16H,3-4,7-8H2,1-2H3,(H,17,18). The van der Waals surface area contributed by atoms with Crippen molar-refractivity contribution in [2.75, 3.05) is 20.8 Å². The Morgan fingerprint density at radius 2 is 2.20 bits per heavy atom. The van der Waals surface area contributed by atoms with Crippen molar-refractivity contribution in [3.63, 3.8) is 0 Å². The topological polar surface area (TPSA) is 59.6 Å². The van der Waals surface area contributed by atoms with Gasteiger partial charge in [-0.15, -0.1) is 0 Å². The normalized spacial score (nSPS) is 13.9. The van der Waals surface area contributed by atoms with Crippen LogP contribution < -0.4 is 20.1 Å². The molecule has 0 aliphatic heterocycles. The Labute approximate surface area is 123 Å². The Kier molecular flexibility index (Phi) is 5.09.